The molecule has 2 aromatic carbocycles. The van der Waals surface area contributed by atoms with Crippen molar-refractivity contribution in [3.63, 3.8) is 0 Å². The van der Waals surface area contributed by atoms with E-state index in [0.29, 0.717) is 0 Å². The molecule has 8 nitrogen and oxygen atoms in total. The van der Waals surface area contributed by atoms with E-state index in [4.69, 9.17) is 19.9 Å². The lowest BCUT2D eigenvalue weighted by Gasteiger charge is -2.44. The Morgan fingerprint density at radius 1 is 0.288 bits per heavy atom. The van der Waals surface area contributed by atoms with Crippen LogP contribution < -0.4 is 19.6 Å². The molecule has 346 valence electrons. The molecule has 0 radical (unpaired) electrons. The molecule has 2 aliphatic rings. The number of anilines is 8. The van der Waals surface area contributed by atoms with Crippen molar-refractivity contribution < 1.29 is 0 Å². The minimum Gasteiger partial charge on any atom is -0.313 e. The molecule has 0 bridgehead atoms. The molecule has 2 aliphatic heterocycles. The largest absolute Gasteiger partial charge is 0.313 e. The van der Waals surface area contributed by atoms with E-state index in [-0.39, 0.29) is 44.8 Å². The highest BCUT2D eigenvalue weighted by molar-refractivity contribution is 5.94. The maximum Gasteiger partial charge on any atom is 0.151 e. The lowest BCUT2D eigenvalue weighted by Crippen LogP contribution is -2.58. The fourth-order valence-electron chi connectivity index (χ4n) is 9.16. The van der Waals surface area contributed by atoms with Crippen LogP contribution in [0.15, 0.2) is 110 Å². The van der Waals surface area contributed by atoms with Crippen LogP contribution in [0.5, 0.6) is 0 Å². The van der Waals surface area contributed by atoms with Crippen LogP contribution in [0.1, 0.15) is 159 Å². The molecular weight excluding hydrogens is 809 g/mol. The standard InChI is InChI=1S/C58H74N8/c1-53(2,3)37-19-25-43-45(31-37)65(41-23-29-49(61-35-41)57(13,14)15)51(63(43)39-21-27-47(59-33-39)55(7,8)9)52-64(40-22-28-48(60-34-40)56(10,11)12)44-26-20-38(54(4,5)6)32-46(44)66(52)42-24-30-50(62-36-42)58(16,17)18/h19-36,51-52H,1-18H3. The van der Waals surface area contributed by atoms with Gasteiger partial charge >= 0.3 is 0 Å². The number of hydrogen-bond acceptors (Lipinski definition) is 8. The molecule has 0 aliphatic carbocycles. The first-order chi connectivity index (χ1) is 30.5. The van der Waals surface area contributed by atoms with Crippen LogP contribution in [0.3, 0.4) is 0 Å². The van der Waals surface area contributed by atoms with Crippen molar-refractivity contribution in [3.05, 3.63) is 144 Å². The molecule has 2 unspecified atom stereocenters. The Morgan fingerprint density at radius 2 is 0.530 bits per heavy atom. The predicted molar refractivity (Wildman–Crippen MR) is 278 cm³/mol. The average molecular weight is 883 g/mol. The lowest BCUT2D eigenvalue weighted by atomic mass is 9.86. The second-order valence-electron chi connectivity index (χ2n) is 24.8. The topological polar surface area (TPSA) is 64.5 Å². The third-order valence-corrected chi connectivity index (χ3v) is 13.2. The first-order valence-corrected chi connectivity index (χ1v) is 23.9. The molecule has 0 spiro atoms. The zero-order valence-electron chi connectivity index (χ0n) is 43.1. The Hall–Kier alpha value is -5.76. The average Bonchev–Trinajstić information content (AvgIpc) is 3.74. The molecule has 0 saturated heterocycles. The van der Waals surface area contributed by atoms with Gasteiger partial charge in [0, 0.05) is 44.4 Å². The Labute approximate surface area is 396 Å². The minimum absolute atomic E-state index is 0.0974. The van der Waals surface area contributed by atoms with Crippen LogP contribution in [-0.4, -0.2) is 32.3 Å². The van der Waals surface area contributed by atoms with Crippen LogP contribution in [0, 0.1) is 0 Å². The van der Waals surface area contributed by atoms with Crippen molar-refractivity contribution in [1.82, 2.24) is 19.9 Å². The summed E-state index contributed by atoms with van der Waals surface area (Å²) in [7, 11) is 0. The number of nitrogens with zero attached hydrogens (tertiary/aromatic N) is 8. The van der Waals surface area contributed by atoms with Gasteiger partial charge in [0.25, 0.3) is 0 Å². The van der Waals surface area contributed by atoms with E-state index in [1.54, 1.807) is 0 Å². The summed E-state index contributed by atoms with van der Waals surface area (Å²) in [4.78, 5) is 30.9. The number of rotatable bonds is 5. The molecule has 0 fully saturated rings. The summed E-state index contributed by atoms with van der Waals surface area (Å²) in [5.41, 5.74) is 14.5. The van der Waals surface area contributed by atoms with Gasteiger partial charge in [0.2, 0.25) is 0 Å². The van der Waals surface area contributed by atoms with Gasteiger partial charge in [-0.15, -0.1) is 0 Å². The second-order valence-corrected chi connectivity index (χ2v) is 24.8. The van der Waals surface area contributed by atoms with Crippen molar-refractivity contribution in [2.75, 3.05) is 19.6 Å². The Balaban J connectivity index is 1.49. The summed E-state index contributed by atoms with van der Waals surface area (Å²) >= 11 is 0. The summed E-state index contributed by atoms with van der Waals surface area (Å²) in [5, 5.41) is 0. The zero-order chi connectivity index (χ0) is 48.1. The van der Waals surface area contributed by atoms with E-state index >= 15 is 0 Å². The Kier molecular flexibility index (Phi) is 11.3. The maximum atomic E-state index is 5.21. The van der Waals surface area contributed by atoms with E-state index < -0.39 is 0 Å². The van der Waals surface area contributed by atoms with Crippen LogP contribution in [0.2, 0.25) is 0 Å². The third-order valence-electron chi connectivity index (χ3n) is 13.2. The van der Waals surface area contributed by atoms with E-state index in [1.807, 2.05) is 0 Å². The molecule has 0 saturated carbocycles. The van der Waals surface area contributed by atoms with Gasteiger partial charge in [-0.1, -0.05) is 137 Å². The van der Waals surface area contributed by atoms with Crippen LogP contribution >= 0.6 is 0 Å². The SMILES string of the molecule is CC(C)(C)c1ccc2c(c1)N(c1ccc(C(C)(C)C)nc1)C(C1N(c3ccc(C(C)(C)C)nc3)c3ccc(C(C)(C)C)cc3N1c1ccc(C(C)(C)C)nc1)N2c1ccc(C(C)(C)C)nc1. The summed E-state index contributed by atoms with van der Waals surface area (Å²) < 4.78 is 0. The molecule has 2 atom stereocenters. The normalized spacial score (nSPS) is 17.1. The van der Waals surface area contributed by atoms with Crippen molar-refractivity contribution in [3.8, 4) is 0 Å². The van der Waals surface area contributed by atoms with Gasteiger partial charge in [-0.3, -0.25) is 19.9 Å². The lowest BCUT2D eigenvalue weighted by molar-refractivity contribution is 0.541. The molecule has 4 aromatic heterocycles. The highest BCUT2D eigenvalue weighted by Crippen LogP contribution is 2.57. The predicted octanol–water partition coefficient (Wildman–Crippen LogP) is 15.0. The second kappa shape index (κ2) is 16.0. The van der Waals surface area contributed by atoms with Crippen LogP contribution in [-0.2, 0) is 32.5 Å². The molecule has 0 amide bonds. The first-order valence-electron chi connectivity index (χ1n) is 23.9. The highest BCUT2D eigenvalue weighted by Gasteiger charge is 2.52. The van der Waals surface area contributed by atoms with Gasteiger partial charge in [-0.2, -0.15) is 0 Å². The summed E-state index contributed by atoms with van der Waals surface area (Å²) in [6.45, 7) is 40.5. The fourth-order valence-corrected chi connectivity index (χ4v) is 9.16. The quantitative estimate of drug-likeness (QED) is 0.170. The van der Waals surface area contributed by atoms with Gasteiger partial charge in [0.15, 0.2) is 12.3 Å². The fraction of sp³-hybridized carbons (Fsp3) is 0.448. The van der Waals surface area contributed by atoms with Crippen molar-refractivity contribution in [1.29, 1.82) is 0 Å². The van der Waals surface area contributed by atoms with Crippen molar-refractivity contribution >= 4 is 45.5 Å². The smallest absolute Gasteiger partial charge is 0.151 e. The third kappa shape index (κ3) is 8.68. The number of aromatic nitrogens is 4. The maximum absolute atomic E-state index is 5.21. The van der Waals surface area contributed by atoms with Gasteiger partial charge in [-0.05, 0) is 94.8 Å². The number of hydrogen-bond donors (Lipinski definition) is 0. The van der Waals surface area contributed by atoms with Gasteiger partial charge < -0.3 is 19.6 Å². The van der Waals surface area contributed by atoms with E-state index in [0.717, 1.165) is 68.3 Å². The number of benzene rings is 2. The Bertz CT molecular complexity index is 2500. The summed E-state index contributed by atoms with van der Waals surface area (Å²) in [5.74, 6) is 0. The van der Waals surface area contributed by atoms with Gasteiger partial charge in [0.05, 0.1) is 70.3 Å². The molecule has 6 heterocycles. The molecular formula is C58H74N8. The molecule has 0 N–H and O–H groups in total. The molecule has 6 aromatic rings. The first kappa shape index (κ1) is 46.8. The molecule has 8 rings (SSSR count). The van der Waals surface area contributed by atoms with Crippen molar-refractivity contribution in [2.24, 2.45) is 0 Å². The number of fused-ring (bicyclic) bond motifs is 2. The monoisotopic (exact) mass is 883 g/mol. The van der Waals surface area contributed by atoms with E-state index in [1.165, 1.54) is 11.1 Å². The van der Waals surface area contributed by atoms with E-state index in [2.05, 4.69) is 254 Å². The minimum atomic E-state index is -0.380. The van der Waals surface area contributed by atoms with Crippen LogP contribution in [0.25, 0.3) is 0 Å². The van der Waals surface area contributed by atoms with Crippen molar-refractivity contribution in [2.45, 2.75) is 169 Å². The Morgan fingerprint density at radius 3 is 0.727 bits per heavy atom. The highest BCUT2D eigenvalue weighted by atomic mass is 15.5. The van der Waals surface area contributed by atoms with Gasteiger partial charge in [0.1, 0.15) is 0 Å². The number of pyridine rings is 4. The van der Waals surface area contributed by atoms with Crippen LogP contribution in [0.4, 0.5) is 45.5 Å². The van der Waals surface area contributed by atoms with E-state index in [9.17, 15) is 0 Å². The summed E-state index contributed by atoms with van der Waals surface area (Å²) in [6.07, 6.45) is 7.56. The molecule has 66 heavy (non-hydrogen) atoms. The summed E-state index contributed by atoms with van der Waals surface area (Å²) in [6, 6.07) is 32.0. The molecule has 8 heteroatoms. The van der Waals surface area contributed by atoms with Gasteiger partial charge in [-0.25, -0.2) is 0 Å². The zero-order valence-corrected chi connectivity index (χ0v) is 43.1.